The average Bonchev–Trinajstić information content (AvgIpc) is 3.30. The third kappa shape index (κ3) is 2.13. The summed E-state index contributed by atoms with van der Waals surface area (Å²) >= 11 is 6.57. The molecular formula is C24H12B2ClNO3. The van der Waals surface area contributed by atoms with Crippen LogP contribution in [0.3, 0.4) is 0 Å². The van der Waals surface area contributed by atoms with Crippen molar-refractivity contribution in [3.05, 3.63) is 59.6 Å². The third-order valence-corrected chi connectivity index (χ3v) is 6.40. The summed E-state index contributed by atoms with van der Waals surface area (Å²) in [5.41, 5.74) is 3.15. The molecule has 6 aromatic rings. The molecule has 6 rings (SSSR count). The van der Waals surface area contributed by atoms with Crippen LogP contribution >= 0.6 is 11.6 Å². The van der Waals surface area contributed by atoms with Crippen LogP contribution < -0.4 is 10.9 Å². The molecule has 0 unspecified atom stereocenters. The van der Waals surface area contributed by atoms with E-state index in [1.807, 2.05) is 54.6 Å². The molecule has 0 atom stereocenters. The van der Waals surface area contributed by atoms with Crippen molar-refractivity contribution < 1.29 is 15.3 Å². The number of fused-ring (bicyclic) bond motifs is 6. The van der Waals surface area contributed by atoms with Crippen molar-refractivity contribution >= 4 is 76.3 Å². The Morgan fingerprint density at radius 2 is 1.39 bits per heavy atom. The van der Waals surface area contributed by atoms with Gasteiger partial charge >= 0.3 is 0 Å². The van der Waals surface area contributed by atoms with Gasteiger partial charge in [0.2, 0.25) is 0 Å². The van der Waals surface area contributed by atoms with Crippen LogP contribution in [0.5, 0.6) is 17.2 Å². The summed E-state index contributed by atoms with van der Waals surface area (Å²) in [6, 6.07) is 17.5. The molecular weight excluding hydrogens is 407 g/mol. The molecule has 2 aromatic heterocycles. The van der Waals surface area contributed by atoms with Crippen LogP contribution in [0.2, 0.25) is 5.02 Å². The zero-order valence-electron chi connectivity index (χ0n) is 16.0. The van der Waals surface area contributed by atoms with Crippen LogP contribution in [0.15, 0.2) is 54.6 Å². The molecule has 0 aliphatic heterocycles. The SMILES string of the molecule is [B]c1c(O)c(O)c([B])c(-c2ccc3c4c(Cl)cccc4n4c5ccccc5c2c34)c1O. The molecule has 0 amide bonds. The predicted molar refractivity (Wildman–Crippen MR) is 127 cm³/mol. The Balaban J connectivity index is 1.92. The maximum absolute atomic E-state index is 10.8. The predicted octanol–water partition coefficient (Wildman–Crippen LogP) is 3.86. The molecule has 7 heteroatoms. The van der Waals surface area contributed by atoms with Crippen molar-refractivity contribution in [2.75, 3.05) is 0 Å². The largest absolute Gasteiger partial charge is 0.508 e. The van der Waals surface area contributed by atoms with Crippen LogP contribution in [-0.4, -0.2) is 35.4 Å². The molecule has 0 bridgehead atoms. The second-order valence-electron chi connectivity index (χ2n) is 7.62. The molecule has 3 N–H and O–H groups in total. The lowest BCUT2D eigenvalue weighted by Crippen LogP contribution is -2.16. The summed E-state index contributed by atoms with van der Waals surface area (Å²) in [4.78, 5) is 0. The Labute approximate surface area is 184 Å². The van der Waals surface area contributed by atoms with Gasteiger partial charge in [0, 0.05) is 27.1 Å². The Morgan fingerprint density at radius 3 is 2.19 bits per heavy atom. The van der Waals surface area contributed by atoms with Crippen molar-refractivity contribution in [3.8, 4) is 28.4 Å². The normalized spacial score (nSPS) is 12.0. The van der Waals surface area contributed by atoms with E-state index in [0.717, 1.165) is 38.1 Å². The number of phenolic OH excluding ortho intramolecular Hbond substituents is 3. The van der Waals surface area contributed by atoms with E-state index in [1.54, 1.807) is 0 Å². The number of rotatable bonds is 1. The fourth-order valence-electron chi connectivity index (χ4n) is 4.74. The molecule has 2 heterocycles. The fourth-order valence-corrected chi connectivity index (χ4v) is 5.01. The van der Waals surface area contributed by atoms with Crippen LogP contribution in [0.1, 0.15) is 0 Å². The number of halogens is 1. The average molecular weight is 419 g/mol. The quantitative estimate of drug-likeness (QED) is 0.215. The first-order valence-corrected chi connectivity index (χ1v) is 9.97. The first kappa shape index (κ1) is 18.3. The van der Waals surface area contributed by atoms with E-state index in [1.165, 1.54) is 0 Å². The van der Waals surface area contributed by atoms with Gasteiger partial charge in [-0.25, -0.2) is 0 Å². The fraction of sp³-hybridized carbons (Fsp3) is 0. The minimum atomic E-state index is -0.641. The van der Waals surface area contributed by atoms with E-state index in [-0.39, 0.29) is 22.2 Å². The molecule has 0 fully saturated rings. The highest BCUT2D eigenvalue weighted by atomic mass is 35.5. The van der Waals surface area contributed by atoms with E-state index in [0.29, 0.717) is 10.6 Å². The van der Waals surface area contributed by atoms with Crippen LogP contribution in [-0.2, 0) is 0 Å². The number of phenols is 3. The van der Waals surface area contributed by atoms with Crippen molar-refractivity contribution in [2.45, 2.75) is 0 Å². The van der Waals surface area contributed by atoms with Gasteiger partial charge < -0.3 is 19.7 Å². The lowest BCUT2D eigenvalue weighted by Gasteiger charge is -2.17. The van der Waals surface area contributed by atoms with E-state index in [2.05, 4.69) is 4.40 Å². The molecule has 0 saturated carbocycles. The summed E-state index contributed by atoms with van der Waals surface area (Å²) < 4.78 is 2.14. The lowest BCUT2D eigenvalue weighted by atomic mass is 9.78. The van der Waals surface area contributed by atoms with Gasteiger partial charge in [0.1, 0.15) is 27.2 Å². The molecule has 31 heavy (non-hydrogen) atoms. The number of benzene rings is 4. The number of nitrogens with zero attached hydrogens (tertiary/aromatic N) is 1. The molecule has 0 aliphatic carbocycles. The van der Waals surface area contributed by atoms with Gasteiger partial charge in [0.25, 0.3) is 0 Å². The van der Waals surface area contributed by atoms with Crippen LogP contribution in [0.25, 0.3) is 49.2 Å². The van der Waals surface area contributed by atoms with Crippen molar-refractivity contribution in [3.63, 3.8) is 0 Å². The zero-order chi connectivity index (χ0) is 21.6. The monoisotopic (exact) mass is 419 g/mol. The molecule has 0 saturated heterocycles. The van der Waals surface area contributed by atoms with E-state index in [9.17, 15) is 15.3 Å². The minimum absolute atomic E-state index is 0.148. The second-order valence-corrected chi connectivity index (χ2v) is 8.03. The summed E-state index contributed by atoms with van der Waals surface area (Å²) in [7, 11) is 12.0. The second kappa shape index (κ2) is 6.02. The molecule has 0 aliphatic rings. The molecule has 4 radical (unpaired) electrons. The summed E-state index contributed by atoms with van der Waals surface area (Å²) in [5.74, 6) is -1.58. The first-order valence-electron chi connectivity index (χ1n) is 9.59. The Bertz CT molecular complexity index is 1680. The van der Waals surface area contributed by atoms with E-state index >= 15 is 0 Å². The number of aromatic hydroxyl groups is 3. The third-order valence-electron chi connectivity index (χ3n) is 6.08. The van der Waals surface area contributed by atoms with Crippen LogP contribution in [0.4, 0.5) is 0 Å². The highest BCUT2D eigenvalue weighted by Crippen LogP contribution is 2.46. The summed E-state index contributed by atoms with van der Waals surface area (Å²) in [5, 5.41) is 35.4. The number of hydrogen-bond donors (Lipinski definition) is 3. The molecule has 0 spiro atoms. The maximum Gasteiger partial charge on any atom is 0.153 e. The summed E-state index contributed by atoms with van der Waals surface area (Å²) in [6.07, 6.45) is 0. The van der Waals surface area contributed by atoms with Gasteiger partial charge in [-0.3, -0.25) is 0 Å². The van der Waals surface area contributed by atoms with Crippen LogP contribution in [0, 0.1) is 0 Å². The minimum Gasteiger partial charge on any atom is -0.508 e. The van der Waals surface area contributed by atoms with Gasteiger partial charge in [0.05, 0.1) is 21.6 Å². The standard InChI is InChI=1S/C24H12B2ClNO3/c25-19-18(22(29)20(26)24(31)23(19)30)11-8-9-12-17-13(27)5-3-7-15(17)28-14-6-2-1-4-10(14)16(11)21(12)28/h1-9,29-31H. The van der Waals surface area contributed by atoms with Crippen molar-refractivity contribution in [2.24, 2.45) is 0 Å². The first-order chi connectivity index (χ1) is 14.9. The highest BCUT2D eigenvalue weighted by molar-refractivity contribution is 6.45. The molecule has 4 nitrogen and oxygen atoms in total. The number of hydrogen-bond acceptors (Lipinski definition) is 3. The highest BCUT2D eigenvalue weighted by Gasteiger charge is 2.25. The van der Waals surface area contributed by atoms with Gasteiger partial charge in [-0.1, -0.05) is 48.0 Å². The Morgan fingerprint density at radius 1 is 0.677 bits per heavy atom. The maximum atomic E-state index is 10.8. The topological polar surface area (TPSA) is 65.1 Å². The van der Waals surface area contributed by atoms with Gasteiger partial charge in [-0.15, -0.1) is 0 Å². The van der Waals surface area contributed by atoms with Gasteiger partial charge in [-0.05, 0) is 34.7 Å². The number of para-hydroxylation sites is 1. The van der Waals surface area contributed by atoms with Gasteiger partial charge in [0.15, 0.2) is 5.75 Å². The molecule has 144 valence electrons. The molecule has 4 aromatic carbocycles. The van der Waals surface area contributed by atoms with Gasteiger partial charge in [-0.2, -0.15) is 0 Å². The Hall–Kier alpha value is -3.50. The smallest absolute Gasteiger partial charge is 0.153 e. The Kier molecular flexibility index (Phi) is 3.55. The van der Waals surface area contributed by atoms with Crippen molar-refractivity contribution in [1.29, 1.82) is 0 Å². The van der Waals surface area contributed by atoms with E-state index in [4.69, 9.17) is 27.3 Å². The lowest BCUT2D eigenvalue weighted by molar-refractivity contribution is 0.405. The zero-order valence-corrected chi connectivity index (χ0v) is 16.8. The van der Waals surface area contributed by atoms with Crippen molar-refractivity contribution in [1.82, 2.24) is 4.40 Å². The number of aromatic nitrogens is 1. The van der Waals surface area contributed by atoms with E-state index < -0.39 is 11.5 Å². The summed E-state index contributed by atoms with van der Waals surface area (Å²) in [6.45, 7) is 0.